The standard InChI is InChI=1S/C10H12N4O2S2/c11-18(15,16)10-12-9(13-14-10)7-2-1-3-8-6(7)4-5-17-8/h4-5,7H,1-3H2,(H2,11,15,16)(H,12,13,14). The Bertz CT molecular complexity index is 674. The predicted molar refractivity (Wildman–Crippen MR) is 66.9 cm³/mol. The lowest BCUT2D eigenvalue weighted by Gasteiger charge is -2.19. The quantitative estimate of drug-likeness (QED) is 0.858. The van der Waals surface area contributed by atoms with Crippen molar-refractivity contribution in [2.24, 2.45) is 5.14 Å². The van der Waals surface area contributed by atoms with Crippen molar-refractivity contribution >= 4 is 21.4 Å². The van der Waals surface area contributed by atoms with E-state index in [0.717, 1.165) is 19.3 Å². The molecule has 1 aliphatic rings. The van der Waals surface area contributed by atoms with E-state index in [1.54, 1.807) is 11.3 Å². The van der Waals surface area contributed by atoms with Crippen LogP contribution in [0.4, 0.5) is 0 Å². The summed E-state index contributed by atoms with van der Waals surface area (Å²) < 4.78 is 22.3. The molecule has 0 bridgehead atoms. The minimum atomic E-state index is -3.84. The number of thiophene rings is 1. The average molecular weight is 284 g/mol. The first kappa shape index (κ1) is 11.8. The zero-order chi connectivity index (χ0) is 12.8. The van der Waals surface area contributed by atoms with Crippen LogP contribution in [-0.4, -0.2) is 23.6 Å². The third-order valence-corrected chi connectivity index (χ3v) is 4.81. The van der Waals surface area contributed by atoms with E-state index < -0.39 is 10.0 Å². The van der Waals surface area contributed by atoms with Gasteiger partial charge in [0.2, 0.25) is 0 Å². The topological polar surface area (TPSA) is 102 Å². The molecule has 1 aliphatic carbocycles. The number of aromatic nitrogens is 3. The van der Waals surface area contributed by atoms with Gasteiger partial charge in [0.15, 0.2) is 0 Å². The lowest BCUT2D eigenvalue weighted by atomic mass is 9.87. The lowest BCUT2D eigenvalue weighted by molar-refractivity contribution is 0.587. The Balaban J connectivity index is 2.01. The Kier molecular flexibility index (Phi) is 2.72. The van der Waals surface area contributed by atoms with Crippen molar-refractivity contribution in [3.05, 3.63) is 27.7 Å². The molecule has 0 saturated heterocycles. The Morgan fingerprint density at radius 2 is 2.33 bits per heavy atom. The van der Waals surface area contributed by atoms with Gasteiger partial charge in [-0.25, -0.2) is 18.5 Å². The maximum atomic E-state index is 11.2. The molecule has 1 atom stereocenters. The van der Waals surface area contributed by atoms with Crippen molar-refractivity contribution in [2.45, 2.75) is 30.3 Å². The van der Waals surface area contributed by atoms with E-state index >= 15 is 0 Å². The number of sulfonamides is 1. The number of nitrogens with two attached hydrogens (primary N) is 1. The van der Waals surface area contributed by atoms with E-state index in [4.69, 9.17) is 5.14 Å². The Morgan fingerprint density at radius 3 is 3.06 bits per heavy atom. The Labute approximate surface area is 108 Å². The number of fused-ring (bicyclic) bond motifs is 1. The fourth-order valence-electron chi connectivity index (χ4n) is 2.31. The van der Waals surface area contributed by atoms with Gasteiger partial charge in [-0.2, -0.15) is 0 Å². The molecule has 96 valence electrons. The molecule has 18 heavy (non-hydrogen) atoms. The highest BCUT2D eigenvalue weighted by Gasteiger charge is 2.27. The first-order valence-electron chi connectivity index (χ1n) is 5.57. The second-order valence-electron chi connectivity index (χ2n) is 4.29. The monoisotopic (exact) mass is 284 g/mol. The molecule has 3 rings (SSSR count). The van der Waals surface area contributed by atoms with Gasteiger partial charge in [-0.1, -0.05) is 0 Å². The summed E-state index contributed by atoms with van der Waals surface area (Å²) in [6.07, 6.45) is 3.10. The first-order chi connectivity index (χ1) is 8.55. The van der Waals surface area contributed by atoms with Crippen LogP contribution < -0.4 is 5.14 Å². The third-order valence-electron chi connectivity index (χ3n) is 3.12. The minimum Gasteiger partial charge on any atom is -0.261 e. The molecular formula is C10H12N4O2S2. The predicted octanol–water partition coefficient (Wildman–Crippen LogP) is 0.982. The number of aromatic amines is 1. The van der Waals surface area contributed by atoms with Gasteiger partial charge < -0.3 is 0 Å². The summed E-state index contributed by atoms with van der Waals surface area (Å²) in [5.74, 6) is 0.682. The van der Waals surface area contributed by atoms with Crippen molar-refractivity contribution in [1.82, 2.24) is 15.2 Å². The highest BCUT2D eigenvalue weighted by molar-refractivity contribution is 7.89. The molecule has 0 aliphatic heterocycles. The van der Waals surface area contributed by atoms with Crippen molar-refractivity contribution in [3.8, 4) is 0 Å². The van der Waals surface area contributed by atoms with Crippen LogP contribution in [0.2, 0.25) is 0 Å². The van der Waals surface area contributed by atoms with Gasteiger partial charge in [0.05, 0.1) is 0 Å². The van der Waals surface area contributed by atoms with Gasteiger partial charge in [-0.3, -0.25) is 5.10 Å². The summed E-state index contributed by atoms with van der Waals surface area (Å²) in [6, 6.07) is 2.07. The summed E-state index contributed by atoms with van der Waals surface area (Å²) >= 11 is 1.73. The number of hydrogen-bond donors (Lipinski definition) is 2. The van der Waals surface area contributed by atoms with Crippen LogP contribution in [0.3, 0.4) is 0 Å². The minimum absolute atomic E-state index is 0.1000. The second-order valence-corrected chi connectivity index (χ2v) is 6.75. The first-order valence-corrected chi connectivity index (χ1v) is 7.99. The third kappa shape index (κ3) is 1.96. The largest absolute Gasteiger partial charge is 0.282 e. The number of primary sulfonamides is 1. The van der Waals surface area contributed by atoms with Crippen LogP contribution >= 0.6 is 11.3 Å². The van der Waals surface area contributed by atoms with Gasteiger partial charge >= 0.3 is 0 Å². The number of hydrogen-bond acceptors (Lipinski definition) is 5. The summed E-state index contributed by atoms with van der Waals surface area (Å²) in [4.78, 5) is 5.36. The SMILES string of the molecule is NS(=O)(=O)c1n[nH]c(C2CCCc3sccc32)n1. The molecule has 0 amide bonds. The molecule has 0 radical (unpaired) electrons. The lowest BCUT2D eigenvalue weighted by Crippen LogP contribution is -2.14. The van der Waals surface area contributed by atoms with Crippen LogP contribution in [0.5, 0.6) is 0 Å². The van der Waals surface area contributed by atoms with Crippen LogP contribution in [0.1, 0.15) is 35.0 Å². The summed E-state index contributed by atoms with van der Waals surface area (Å²) in [5.41, 5.74) is 1.23. The van der Waals surface area contributed by atoms with Crippen LogP contribution in [-0.2, 0) is 16.4 Å². The maximum absolute atomic E-state index is 11.2. The van der Waals surface area contributed by atoms with Crippen molar-refractivity contribution in [3.63, 3.8) is 0 Å². The molecule has 2 aromatic heterocycles. The molecule has 3 N–H and O–H groups in total. The van der Waals surface area contributed by atoms with Crippen LogP contribution in [0.25, 0.3) is 0 Å². The number of rotatable bonds is 2. The molecule has 0 fully saturated rings. The zero-order valence-corrected chi connectivity index (χ0v) is 11.1. The summed E-state index contributed by atoms with van der Waals surface area (Å²) in [5, 5.41) is 13.1. The maximum Gasteiger partial charge on any atom is 0.282 e. The normalized spacial score (nSPS) is 19.7. The smallest absolute Gasteiger partial charge is 0.261 e. The van der Waals surface area contributed by atoms with E-state index in [9.17, 15) is 8.42 Å². The highest BCUT2D eigenvalue weighted by Crippen LogP contribution is 2.37. The molecule has 8 heteroatoms. The number of nitrogens with one attached hydrogen (secondary N) is 1. The fourth-order valence-corrected chi connectivity index (χ4v) is 3.70. The van der Waals surface area contributed by atoms with E-state index in [1.807, 2.05) is 0 Å². The van der Waals surface area contributed by atoms with E-state index in [0.29, 0.717) is 5.82 Å². The zero-order valence-electron chi connectivity index (χ0n) is 9.46. The molecule has 0 aromatic carbocycles. The molecule has 1 unspecified atom stereocenters. The molecule has 2 aromatic rings. The number of H-pyrrole nitrogens is 1. The average Bonchev–Trinajstić information content (AvgIpc) is 2.96. The van der Waals surface area contributed by atoms with E-state index in [-0.39, 0.29) is 11.1 Å². The number of nitrogens with zero attached hydrogens (tertiary/aromatic N) is 2. The van der Waals surface area contributed by atoms with Crippen molar-refractivity contribution in [2.75, 3.05) is 0 Å². The Morgan fingerprint density at radius 1 is 1.50 bits per heavy atom. The second kappa shape index (κ2) is 4.15. The van der Waals surface area contributed by atoms with Crippen molar-refractivity contribution < 1.29 is 8.42 Å². The van der Waals surface area contributed by atoms with Gasteiger partial charge in [-0.05, 0) is 36.3 Å². The summed E-state index contributed by atoms with van der Waals surface area (Å²) in [7, 11) is -3.84. The van der Waals surface area contributed by atoms with Gasteiger partial charge in [0.1, 0.15) is 5.82 Å². The van der Waals surface area contributed by atoms with Crippen LogP contribution in [0.15, 0.2) is 16.6 Å². The van der Waals surface area contributed by atoms with E-state index in [2.05, 4.69) is 26.6 Å². The van der Waals surface area contributed by atoms with Gasteiger partial charge in [0.25, 0.3) is 15.2 Å². The van der Waals surface area contributed by atoms with Crippen molar-refractivity contribution in [1.29, 1.82) is 0 Å². The fraction of sp³-hybridized carbons (Fsp3) is 0.400. The number of aryl methyl sites for hydroxylation is 1. The highest BCUT2D eigenvalue weighted by atomic mass is 32.2. The molecule has 0 saturated carbocycles. The Hall–Kier alpha value is -1.25. The van der Waals surface area contributed by atoms with E-state index in [1.165, 1.54) is 10.4 Å². The molecule has 2 heterocycles. The van der Waals surface area contributed by atoms with Crippen LogP contribution in [0, 0.1) is 0 Å². The van der Waals surface area contributed by atoms with Gasteiger partial charge in [0, 0.05) is 10.8 Å². The molecule has 0 spiro atoms. The molecule has 6 nitrogen and oxygen atoms in total. The van der Waals surface area contributed by atoms with Gasteiger partial charge in [-0.15, -0.1) is 16.4 Å². The summed E-state index contributed by atoms with van der Waals surface area (Å²) in [6.45, 7) is 0. The molecular weight excluding hydrogens is 272 g/mol.